The number of hydrogen-bond acceptors (Lipinski definition) is 2. The lowest BCUT2D eigenvalue weighted by molar-refractivity contribution is 0.0588. The van der Waals surface area contributed by atoms with Crippen molar-refractivity contribution in [1.29, 1.82) is 0 Å². The highest BCUT2D eigenvalue weighted by molar-refractivity contribution is 4.94. The van der Waals surface area contributed by atoms with E-state index in [0.29, 0.717) is 16.9 Å². The highest BCUT2D eigenvalue weighted by atomic mass is 15.1. The van der Waals surface area contributed by atoms with Crippen LogP contribution in [0.1, 0.15) is 59.8 Å². The Hall–Kier alpha value is -0.0800. The molecule has 0 spiro atoms. The number of likely N-dealkylation sites (tertiary alicyclic amines) is 1. The quantitative estimate of drug-likeness (QED) is 0.841. The van der Waals surface area contributed by atoms with Crippen LogP contribution in [0.2, 0.25) is 0 Å². The van der Waals surface area contributed by atoms with Crippen molar-refractivity contribution in [1.82, 2.24) is 10.2 Å². The molecule has 2 fully saturated rings. The normalized spacial score (nSPS) is 35.2. The van der Waals surface area contributed by atoms with Gasteiger partial charge in [0.1, 0.15) is 0 Å². The maximum atomic E-state index is 3.62. The minimum Gasteiger partial charge on any atom is -0.316 e. The van der Waals surface area contributed by atoms with E-state index in [1.807, 2.05) is 0 Å². The molecule has 1 aliphatic carbocycles. The van der Waals surface area contributed by atoms with E-state index in [-0.39, 0.29) is 0 Å². The van der Waals surface area contributed by atoms with E-state index in [9.17, 15) is 0 Å². The van der Waals surface area contributed by atoms with Gasteiger partial charge < -0.3 is 10.2 Å². The van der Waals surface area contributed by atoms with Crippen molar-refractivity contribution in [2.45, 2.75) is 65.8 Å². The maximum absolute atomic E-state index is 3.62. The third-order valence-corrected chi connectivity index (χ3v) is 5.72. The van der Waals surface area contributed by atoms with Crippen LogP contribution in [0.5, 0.6) is 0 Å². The molecule has 1 heterocycles. The summed E-state index contributed by atoms with van der Waals surface area (Å²) in [6, 6.07) is 0.691. The molecule has 1 N–H and O–H groups in total. The van der Waals surface area contributed by atoms with E-state index >= 15 is 0 Å². The van der Waals surface area contributed by atoms with E-state index in [2.05, 4.69) is 45.0 Å². The summed E-state index contributed by atoms with van der Waals surface area (Å²) in [5.74, 6) is 0.843. The molecule has 1 saturated carbocycles. The highest BCUT2D eigenvalue weighted by Crippen LogP contribution is 2.40. The van der Waals surface area contributed by atoms with Crippen molar-refractivity contribution in [2.75, 3.05) is 26.7 Å². The molecule has 0 bridgehead atoms. The van der Waals surface area contributed by atoms with Crippen molar-refractivity contribution < 1.29 is 0 Å². The first-order chi connectivity index (χ1) is 8.84. The zero-order valence-corrected chi connectivity index (χ0v) is 13.8. The molecule has 1 aliphatic heterocycles. The summed E-state index contributed by atoms with van der Waals surface area (Å²) < 4.78 is 0. The van der Waals surface area contributed by atoms with Crippen LogP contribution in [-0.4, -0.2) is 37.6 Å². The predicted octanol–water partition coefficient (Wildman–Crippen LogP) is 3.52. The maximum Gasteiger partial charge on any atom is 0.0156 e. The van der Waals surface area contributed by atoms with E-state index in [4.69, 9.17) is 0 Å². The zero-order chi connectivity index (χ0) is 14.1. The fourth-order valence-electron chi connectivity index (χ4n) is 4.28. The van der Waals surface area contributed by atoms with Gasteiger partial charge >= 0.3 is 0 Å². The first-order valence-electron chi connectivity index (χ1n) is 8.24. The van der Waals surface area contributed by atoms with Gasteiger partial charge in [-0.15, -0.1) is 0 Å². The summed E-state index contributed by atoms with van der Waals surface area (Å²) in [5.41, 5.74) is 1.04. The van der Waals surface area contributed by atoms with Gasteiger partial charge in [-0.05, 0) is 62.6 Å². The van der Waals surface area contributed by atoms with Gasteiger partial charge in [-0.25, -0.2) is 0 Å². The van der Waals surface area contributed by atoms with Crippen molar-refractivity contribution in [3.05, 3.63) is 0 Å². The molecule has 2 rings (SSSR count). The van der Waals surface area contributed by atoms with Crippen LogP contribution in [0.3, 0.4) is 0 Å². The number of piperidine rings is 1. The largest absolute Gasteiger partial charge is 0.316 e. The number of rotatable bonds is 3. The lowest BCUT2D eigenvalue weighted by atomic mass is 9.67. The molecule has 2 atom stereocenters. The number of nitrogens with one attached hydrogen (secondary N) is 1. The summed E-state index contributed by atoms with van der Waals surface area (Å²) in [5, 5.41) is 3.62. The summed E-state index contributed by atoms with van der Waals surface area (Å²) in [4.78, 5) is 2.72. The zero-order valence-electron chi connectivity index (χ0n) is 13.8. The van der Waals surface area contributed by atoms with Crippen LogP contribution in [-0.2, 0) is 0 Å². The second-order valence-electron chi connectivity index (χ2n) is 8.37. The summed E-state index contributed by atoms with van der Waals surface area (Å²) in [6.45, 7) is 13.7. The van der Waals surface area contributed by atoms with E-state index in [1.165, 1.54) is 51.7 Å². The average molecular weight is 266 g/mol. The molecular formula is C17H34N2. The van der Waals surface area contributed by atoms with Gasteiger partial charge in [0, 0.05) is 12.6 Å². The van der Waals surface area contributed by atoms with Crippen LogP contribution >= 0.6 is 0 Å². The molecule has 2 heteroatoms. The monoisotopic (exact) mass is 266 g/mol. The third-order valence-electron chi connectivity index (χ3n) is 5.72. The molecule has 2 unspecified atom stereocenters. The first-order valence-corrected chi connectivity index (χ1v) is 8.24. The Bertz CT molecular complexity index is 286. The molecule has 112 valence electrons. The van der Waals surface area contributed by atoms with Crippen molar-refractivity contribution in [3.63, 3.8) is 0 Å². The molecule has 1 saturated heterocycles. The molecule has 19 heavy (non-hydrogen) atoms. The summed E-state index contributed by atoms with van der Waals surface area (Å²) in [7, 11) is 2.16. The van der Waals surface area contributed by atoms with Gasteiger partial charge in [0.25, 0.3) is 0 Å². The van der Waals surface area contributed by atoms with E-state index in [1.54, 1.807) is 0 Å². The van der Waals surface area contributed by atoms with Crippen LogP contribution in [0, 0.1) is 16.7 Å². The van der Waals surface area contributed by atoms with Gasteiger partial charge in [-0.3, -0.25) is 0 Å². The molecule has 0 amide bonds. The van der Waals surface area contributed by atoms with E-state index < -0.39 is 0 Å². The van der Waals surface area contributed by atoms with Crippen LogP contribution < -0.4 is 5.32 Å². The Morgan fingerprint density at radius 3 is 2.26 bits per heavy atom. The molecule has 0 radical (unpaired) electrons. The fraction of sp³-hybridized carbons (Fsp3) is 1.00. The standard InChI is InChI=1S/C17H34N2/c1-16(2)9-11-19(12-10-16)13-14-7-6-8-17(3,4)15(14)18-5/h14-15,18H,6-13H2,1-5H3. The lowest BCUT2D eigenvalue weighted by Crippen LogP contribution is -2.52. The number of hydrogen-bond donors (Lipinski definition) is 1. The minimum absolute atomic E-state index is 0.465. The second kappa shape index (κ2) is 5.73. The van der Waals surface area contributed by atoms with Crippen LogP contribution in [0.4, 0.5) is 0 Å². The molecule has 0 aromatic rings. The van der Waals surface area contributed by atoms with Gasteiger partial charge in [-0.2, -0.15) is 0 Å². The fourth-order valence-corrected chi connectivity index (χ4v) is 4.28. The molecule has 2 aliphatic rings. The smallest absolute Gasteiger partial charge is 0.0156 e. The Balaban J connectivity index is 1.91. The summed E-state index contributed by atoms with van der Waals surface area (Å²) in [6.07, 6.45) is 6.94. The SMILES string of the molecule is CNC1C(CN2CCC(C)(C)CC2)CCCC1(C)C. The highest BCUT2D eigenvalue weighted by Gasteiger charge is 2.39. The van der Waals surface area contributed by atoms with Crippen LogP contribution in [0.25, 0.3) is 0 Å². The van der Waals surface area contributed by atoms with Crippen molar-refractivity contribution in [2.24, 2.45) is 16.7 Å². The Kier molecular flexibility index (Phi) is 4.62. The van der Waals surface area contributed by atoms with Crippen molar-refractivity contribution >= 4 is 0 Å². The topological polar surface area (TPSA) is 15.3 Å². The predicted molar refractivity (Wildman–Crippen MR) is 83.4 cm³/mol. The molecule has 0 aromatic heterocycles. The number of nitrogens with zero attached hydrogens (tertiary/aromatic N) is 1. The average Bonchev–Trinajstić information content (AvgIpc) is 2.31. The molecule has 0 aromatic carbocycles. The lowest BCUT2D eigenvalue weighted by Gasteiger charge is -2.47. The van der Waals surface area contributed by atoms with Gasteiger partial charge in [0.05, 0.1) is 0 Å². The Morgan fingerprint density at radius 1 is 1.05 bits per heavy atom. The minimum atomic E-state index is 0.465. The Labute approximate surface area is 120 Å². The van der Waals surface area contributed by atoms with Gasteiger partial charge in [0.2, 0.25) is 0 Å². The summed E-state index contributed by atoms with van der Waals surface area (Å²) >= 11 is 0. The van der Waals surface area contributed by atoms with E-state index in [0.717, 1.165) is 5.92 Å². The Morgan fingerprint density at radius 2 is 1.68 bits per heavy atom. The molecular weight excluding hydrogens is 232 g/mol. The second-order valence-corrected chi connectivity index (χ2v) is 8.37. The van der Waals surface area contributed by atoms with Gasteiger partial charge in [0.15, 0.2) is 0 Å². The third kappa shape index (κ3) is 3.72. The molecule has 2 nitrogen and oxygen atoms in total. The van der Waals surface area contributed by atoms with Crippen LogP contribution in [0.15, 0.2) is 0 Å². The first kappa shape index (κ1) is 15.3. The van der Waals surface area contributed by atoms with Gasteiger partial charge in [-0.1, -0.05) is 34.1 Å². The van der Waals surface area contributed by atoms with Crippen molar-refractivity contribution in [3.8, 4) is 0 Å².